The molecular weight excluding hydrogens is 156 g/mol. The second-order valence-electron chi connectivity index (χ2n) is 3.27. The van der Waals surface area contributed by atoms with Crippen LogP contribution in [0.3, 0.4) is 0 Å². The topological polar surface area (TPSA) is 50.4 Å². The van der Waals surface area contributed by atoms with E-state index in [1.54, 1.807) is 0 Å². The van der Waals surface area contributed by atoms with Gasteiger partial charge in [0.05, 0.1) is 6.10 Å². The van der Waals surface area contributed by atoms with Gasteiger partial charge in [0.15, 0.2) is 0 Å². The summed E-state index contributed by atoms with van der Waals surface area (Å²) < 4.78 is 5.44. The monoisotopic (exact) mass is 170 g/mol. The lowest BCUT2D eigenvalue weighted by Gasteiger charge is -2.27. The highest BCUT2D eigenvalue weighted by Gasteiger charge is 2.32. The van der Waals surface area contributed by atoms with Gasteiger partial charge in [-0.15, -0.1) is 0 Å². The molecule has 0 bridgehead atoms. The predicted molar refractivity (Wildman–Crippen MR) is 43.8 cm³/mol. The maximum atomic E-state index is 11.3. The van der Waals surface area contributed by atoms with Gasteiger partial charge in [0.25, 0.3) is 0 Å². The molecule has 2 heterocycles. The summed E-state index contributed by atoms with van der Waals surface area (Å²) >= 11 is 0. The summed E-state index contributed by atoms with van der Waals surface area (Å²) in [6.45, 7) is 2.40. The molecule has 0 saturated carbocycles. The van der Waals surface area contributed by atoms with Gasteiger partial charge in [0.1, 0.15) is 6.04 Å². The van der Waals surface area contributed by atoms with Crippen molar-refractivity contribution in [1.29, 1.82) is 0 Å². The van der Waals surface area contributed by atoms with E-state index < -0.39 is 0 Å². The molecule has 2 aliphatic rings. The summed E-state index contributed by atoms with van der Waals surface area (Å²) in [4.78, 5) is 11.3. The standard InChI is InChI=1S/C8H14N2O2/c11-8-7(9-3-4-10-8)6-2-1-5-12-6/h6-7,9H,1-5H2,(H,10,11). The molecule has 2 rings (SSSR count). The van der Waals surface area contributed by atoms with Gasteiger partial charge in [-0.05, 0) is 12.8 Å². The Morgan fingerprint density at radius 2 is 2.33 bits per heavy atom. The third kappa shape index (κ3) is 1.44. The van der Waals surface area contributed by atoms with Gasteiger partial charge in [-0.1, -0.05) is 0 Å². The van der Waals surface area contributed by atoms with Crippen LogP contribution in [0.5, 0.6) is 0 Å². The van der Waals surface area contributed by atoms with Gasteiger partial charge in [-0.25, -0.2) is 0 Å². The first-order valence-electron chi connectivity index (χ1n) is 4.50. The second kappa shape index (κ2) is 3.41. The van der Waals surface area contributed by atoms with Gasteiger partial charge < -0.3 is 15.4 Å². The summed E-state index contributed by atoms with van der Waals surface area (Å²) in [7, 11) is 0. The molecule has 2 fully saturated rings. The van der Waals surface area contributed by atoms with E-state index in [4.69, 9.17) is 4.74 Å². The van der Waals surface area contributed by atoms with Crippen LogP contribution in [-0.4, -0.2) is 37.7 Å². The van der Waals surface area contributed by atoms with Crippen molar-refractivity contribution >= 4 is 5.91 Å². The van der Waals surface area contributed by atoms with Gasteiger partial charge in [-0.2, -0.15) is 0 Å². The molecule has 12 heavy (non-hydrogen) atoms. The molecule has 2 saturated heterocycles. The van der Waals surface area contributed by atoms with E-state index in [9.17, 15) is 4.79 Å². The minimum absolute atomic E-state index is 0.0909. The first-order valence-corrected chi connectivity index (χ1v) is 4.50. The number of rotatable bonds is 1. The van der Waals surface area contributed by atoms with Crippen molar-refractivity contribution < 1.29 is 9.53 Å². The van der Waals surface area contributed by atoms with Crippen LogP contribution in [0, 0.1) is 0 Å². The quantitative estimate of drug-likeness (QED) is 0.544. The molecule has 0 aromatic carbocycles. The van der Waals surface area contributed by atoms with Crippen molar-refractivity contribution in [3.63, 3.8) is 0 Å². The van der Waals surface area contributed by atoms with Crippen molar-refractivity contribution in [2.24, 2.45) is 0 Å². The zero-order valence-corrected chi connectivity index (χ0v) is 7.01. The van der Waals surface area contributed by atoms with E-state index in [-0.39, 0.29) is 18.1 Å². The van der Waals surface area contributed by atoms with Gasteiger partial charge in [0.2, 0.25) is 5.91 Å². The molecule has 4 heteroatoms. The largest absolute Gasteiger partial charge is 0.376 e. The molecule has 0 spiro atoms. The summed E-state index contributed by atoms with van der Waals surface area (Å²) in [5.74, 6) is 0.0909. The average Bonchev–Trinajstić information content (AvgIpc) is 2.57. The van der Waals surface area contributed by atoms with Crippen LogP contribution < -0.4 is 10.6 Å². The molecule has 0 radical (unpaired) electrons. The second-order valence-corrected chi connectivity index (χ2v) is 3.27. The van der Waals surface area contributed by atoms with Crippen LogP contribution in [0.2, 0.25) is 0 Å². The minimum Gasteiger partial charge on any atom is -0.376 e. The number of nitrogens with one attached hydrogen (secondary N) is 2. The van der Waals surface area contributed by atoms with E-state index >= 15 is 0 Å². The molecule has 0 aromatic heterocycles. The molecule has 2 aliphatic heterocycles. The number of carbonyl (C=O) groups excluding carboxylic acids is 1. The van der Waals surface area contributed by atoms with Crippen molar-refractivity contribution in [3.8, 4) is 0 Å². The van der Waals surface area contributed by atoms with Crippen molar-refractivity contribution in [1.82, 2.24) is 10.6 Å². The molecule has 68 valence electrons. The number of ether oxygens (including phenoxy) is 1. The fourth-order valence-electron chi connectivity index (χ4n) is 1.78. The van der Waals surface area contributed by atoms with Crippen molar-refractivity contribution in [2.45, 2.75) is 25.0 Å². The summed E-state index contributed by atoms with van der Waals surface area (Å²) in [5, 5.41) is 6.00. The third-order valence-electron chi connectivity index (χ3n) is 2.41. The molecule has 2 unspecified atom stereocenters. The molecule has 2 atom stereocenters. The van der Waals surface area contributed by atoms with Crippen molar-refractivity contribution in [3.05, 3.63) is 0 Å². The van der Waals surface area contributed by atoms with Gasteiger partial charge in [-0.3, -0.25) is 4.79 Å². The van der Waals surface area contributed by atoms with Crippen LogP contribution >= 0.6 is 0 Å². The fourth-order valence-corrected chi connectivity index (χ4v) is 1.78. The number of amides is 1. The highest BCUT2D eigenvalue weighted by Crippen LogP contribution is 2.16. The van der Waals surface area contributed by atoms with Crippen LogP contribution in [0.25, 0.3) is 0 Å². The molecule has 4 nitrogen and oxygen atoms in total. The van der Waals surface area contributed by atoms with E-state index in [2.05, 4.69) is 10.6 Å². The Morgan fingerprint density at radius 1 is 1.42 bits per heavy atom. The zero-order valence-electron chi connectivity index (χ0n) is 7.01. The van der Waals surface area contributed by atoms with Gasteiger partial charge >= 0.3 is 0 Å². The van der Waals surface area contributed by atoms with Crippen LogP contribution in [0.1, 0.15) is 12.8 Å². The Bertz CT molecular complexity index is 178. The number of hydrogen-bond acceptors (Lipinski definition) is 3. The first-order chi connectivity index (χ1) is 5.88. The minimum atomic E-state index is -0.110. The normalized spacial score (nSPS) is 36.5. The maximum absolute atomic E-state index is 11.3. The summed E-state index contributed by atoms with van der Waals surface area (Å²) in [6.07, 6.45) is 2.19. The number of hydrogen-bond donors (Lipinski definition) is 2. The molecule has 0 aliphatic carbocycles. The van der Waals surface area contributed by atoms with E-state index in [0.29, 0.717) is 0 Å². The lowest BCUT2D eigenvalue weighted by atomic mass is 10.1. The predicted octanol–water partition coefficient (Wildman–Crippen LogP) is -0.747. The van der Waals surface area contributed by atoms with E-state index in [1.165, 1.54) is 0 Å². The number of piperazine rings is 1. The Hall–Kier alpha value is -0.610. The molecule has 0 aromatic rings. The summed E-state index contributed by atoms with van der Waals surface area (Å²) in [5.41, 5.74) is 0. The highest BCUT2D eigenvalue weighted by molar-refractivity contribution is 5.83. The first kappa shape index (κ1) is 8.01. The lowest BCUT2D eigenvalue weighted by molar-refractivity contribution is -0.127. The van der Waals surface area contributed by atoms with Crippen LogP contribution in [0.4, 0.5) is 0 Å². The van der Waals surface area contributed by atoms with Gasteiger partial charge in [0, 0.05) is 19.7 Å². The van der Waals surface area contributed by atoms with Crippen molar-refractivity contribution in [2.75, 3.05) is 19.7 Å². The lowest BCUT2D eigenvalue weighted by Crippen LogP contribution is -2.57. The SMILES string of the molecule is O=C1NCCNC1C1CCCO1. The maximum Gasteiger partial charge on any atom is 0.239 e. The highest BCUT2D eigenvalue weighted by atomic mass is 16.5. The Kier molecular flexibility index (Phi) is 2.28. The number of carbonyl (C=O) groups is 1. The summed E-state index contributed by atoms with van der Waals surface area (Å²) in [6, 6.07) is -0.110. The molecular formula is C8H14N2O2. The zero-order chi connectivity index (χ0) is 8.39. The molecule has 2 N–H and O–H groups in total. The Labute approximate surface area is 71.7 Å². The van der Waals surface area contributed by atoms with E-state index in [0.717, 1.165) is 32.5 Å². The fraction of sp³-hybridized carbons (Fsp3) is 0.875. The average molecular weight is 170 g/mol. The third-order valence-corrected chi connectivity index (χ3v) is 2.41. The Balaban J connectivity index is 1.95. The molecule has 1 amide bonds. The Morgan fingerprint density at radius 3 is 3.00 bits per heavy atom. The van der Waals surface area contributed by atoms with E-state index in [1.807, 2.05) is 0 Å². The van der Waals surface area contributed by atoms with Crippen LogP contribution in [0.15, 0.2) is 0 Å². The smallest absolute Gasteiger partial charge is 0.239 e. The van der Waals surface area contributed by atoms with Crippen LogP contribution in [-0.2, 0) is 9.53 Å².